The largest absolute Gasteiger partial charge is 0.289 e. The quantitative estimate of drug-likeness (QED) is 0.493. The van der Waals surface area contributed by atoms with E-state index in [0.717, 1.165) is 17.5 Å². The summed E-state index contributed by atoms with van der Waals surface area (Å²) in [5, 5.41) is 0.564. The molecule has 1 aliphatic rings. The Labute approximate surface area is 111 Å². The zero-order valence-corrected chi connectivity index (χ0v) is 10.5. The smallest absolute Gasteiger partial charge is 0.186 e. The topological polar surface area (TPSA) is 17.1 Å². The van der Waals surface area contributed by atoms with E-state index in [-0.39, 0.29) is 5.78 Å². The minimum Gasteiger partial charge on any atom is -0.289 e. The van der Waals surface area contributed by atoms with E-state index in [0.29, 0.717) is 10.6 Å². The van der Waals surface area contributed by atoms with Gasteiger partial charge in [-0.1, -0.05) is 48.5 Å². The van der Waals surface area contributed by atoms with E-state index in [1.54, 1.807) is 6.07 Å². The Morgan fingerprint density at radius 2 is 1.94 bits per heavy atom. The van der Waals surface area contributed by atoms with Gasteiger partial charge in [0, 0.05) is 12.0 Å². The van der Waals surface area contributed by atoms with Crippen LogP contribution in [0.2, 0.25) is 5.02 Å². The van der Waals surface area contributed by atoms with Gasteiger partial charge in [-0.15, -0.1) is 0 Å². The number of hydrogen-bond acceptors (Lipinski definition) is 1. The van der Waals surface area contributed by atoms with Gasteiger partial charge < -0.3 is 0 Å². The number of benzene rings is 2. The predicted molar refractivity (Wildman–Crippen MR) is 74.2 cm³/mol. The molecule has 0 aliphatic heterocycles. The van der Waals surface area contributed by atoms with Gasteiger partial charge in [0.2, 0.25) is 0 Å². The second kappa shape index (κ2) is 4.11. The van der Waals surface area contributed by atoms with Crippen molar-refractivity contribution < 1.29 is 4.79 Å². The number of halogens is 1. The Morgan fingerprint density at radius 1 is 1.17 bits per heavy atom. The average molecular weight is 255 g/mol. The molecule has 0 bridgehead atoms. The number of ketones is 1. The minimum atomic E-state index is -0.126. The molecule has 2 aromatic carbocycles. The highest BCUT2D eigenvalue weighted by atomic mass is 35.5. The Hall–Kier alpha value is -1.86. The maximum atomic E-state index is 11.7. The molecule has 88 valence electrons. The van der Waals surface area contributed by atoms with Crippen LogP contribution in [-0.2, 0) is 6.42 Å². The maximum Gasteiger partial charge on any atom is 0.186 e. The molecule has 0 amide bonds. The van der Waals surface area contributed by atoms with Crippen LogP contribution in [0.3, 0.4) is 0 Å². The summed E-state index contributed by atoms with van der Waals surface area (Å²) in [5.74, 6) is -0.126. The fourth-order valence-electron chi connectivity index (χ4n) is 2.47. The molecule has 3 rings (SSSR count). The van der Waals surface area contributed by atoms with E-state index in [2.05, 4.69) is 18.7 Å². The van der Waals surface area contributed by atoms with Gasteiger partial charge >= 0.3 is 0 Å². The van der Waals surface area contributed by atoms with Crippen molar-refractivity contribution in [2.24, 2.45) is 0 Å². The van der Waals surface area contributed by atoms with Crippen LogP contribution in [0.4, 0.5) is 0 Å². The standard InChI is InChI=1S/C16H11ClO/c1-2-15(18)13-8-7-12-11-6-4-3-5-10(11)9-14(12)16(13)17/h2-8H,1,9H2. The van der Waals surface area contributed by atoms with Crippen LogP contribution in [0.25, 0.3) is 11.1 Å². The summed E-state index contributed by atoms with van der Waals surface area (Å²) in [7, 11) is 0. The molecule has 0 saturated carbocycles. The van der Waals surface area contributed by atoms with Gasteiger partial charge in [-0.3, -0.25) is 4.79 Å². The summed E-state index contributed by atoms with van der Waals surface area (Å²) in [5.41, 5.74) is 5.20. The number of allylic oxidation sites excluding steroid dienone is 1. The highest BCUT2D eigenvalue weighted by Crippen LogP contribution is 2.41. The molecule has 0 N–H and O–H groups in total. The first-order valence-corrected chi connectivity index (χ1v) is 6.16. The van der Waals surface area contributed by atoms with Crippen LogP contribution >= 0.6 is 11.6 Å². The number of rotatable bonds is 2. The zero-order chi connectivity index (χ0) is 12.7. The van der Waals surface area contributed by atoms with Crippen LogP contribution < -0.4 is 0 Å². The zero-order valence-electron chi connectivity index (χ0n) is 9.74. The second-order valence-electron chi connectivity index (χ2n) is 4.36. The lowest BCUT2D eigenvalue weighted by Gasteiger charge is -2.06. The Kier molecular flexibility index (Phi) is 2.57. The van der Waals surface area contributed by atoms with Crippen molar-refractivity contribution in [3.8, 4) is 11.1 Å². The second-order valence-corrected chi connectivity index (χ2v) is 4.73. The monoisotopic (exact) mass is 254 g/mol. The van der Waals surface area contributed by atoms with Crippen molar-refractivity contribution >= 4 is 17.4 Å². The number of fused-ring (bicyclic) bond motifs is 3. The fraction of sp³-hybridized carbons (Fsp3) is 0.0625. The normalized spacial score (nSPS) is 11.8. The van der Waals surface area contributed by atoms with Crippen LogP contribution in [-0.4, -0.2) is 5.78 Å². The summed E-state index contributed by atoms with van der Waals surface area (Å²) >= 11 is 6.35. The Bertz CT molecular complexity index is 671. The minimum absolute atomic E-state index is 0.126. The van der Waals surface area contributed by atoms with Crippen LogP contribution in [0, 0.1) is 0 Å². The van der Waals surface area contributed by atoms with Crippen molar-refractivity contribution in [2.45, 2.75) is 6.42 Å². The highest BCUT2D eigenvalue weighted by Gasteiger charge is 2.23. The predicted octanol–water partition coefficient (Wildman–Crippen LogP) is 4.28. The van der Waals surface area contributed by atoms with Gasteiger partial charge in [0.1, 0.15) is 0 Å². The lowest BCUT2D eigenvalue weighted by molar-refractivity contribution is 0.104. The summed E-state index contributed by atoms with van der Waals surface area (Å²) < 4.78 is 0. The molecule has 18 heavy (non-hydrogen) atoms. The van der Waals surface area contributed by atoms with Crippen LogP contribution in [0.15, 0.2) is 49.1 Å². The molecule has 0 radical (unpaired) electrons. The number of carbonyl (C=O) groups is 1. The van der Waals surface area contributed by atoms with E-state index in [1.807, 2.05) is 18.2 Å². The van der Waals surface area contributed by atoms with Crippen molar-refractivity contribution in [3.63, 3.8) is 0 Å². The van der Waals surface area contributed by atoms with Gasteiger partial charge in [-0.2, -0.15) is 0 Å². The van der Waals surface area contributed by atoms with Crippen molar-refractivity contribution in [1.29, 1.82) is 0 Å². The third-order valence-electron chi connectivity index (χ3n) is 3.37. The van der Waals surface area contributed by atoms with E-state index < -0.39 is 0 Å². The van der Waals surface area contributed by atoms with Gasteiger partial charge in [0.25, 0.3) is 0 Å². The van der Waals surface area contributed by atoms with E-state index in [1.165, 1.54) is 17.2 Å². The Balaban J connectivity index is 2.21. The lowest BCUT2D eigenvalue weighted by atomic mass is 10.0. The fourth-order valence-corrected chi connectivity index (χ4v) is 2.80. The molecule has 2 heteroatoms. The summed E-state index contributed by atoms with van der Waals surface area (Å²) in [6.07, 6.45) is 2.10. The van der Waals surface area contributed by atoms with E-state index in [4.69, 9.17) is 11.6 Å². The first-order chi connectivity index (χ1) is 8.72. The van der Waals surface area contributed by atoms with Gasteiger partial charge in [0.15, 0.2) is 5.78 Å². The maximum absolute atomic E-state index is 11.7. The highest BCUT2D eigenvalue weighted by molar-refractivity contribution is 6.36. The van der Waals surface area contributed by atoms with Crippen LogP contribution in [0.5, 0.6) is 0 Å². The molecule has 0 heterocycles. The van der Waals surface area contributed by atoms with Gasteiger partial charge in [0.05, 0.1) is 5.02 Å². The van der Waals surface area contributed by atoms with Crippen molar-refractivity contribution in [1.82, 2.24) is 0 Å². The molecule has 0 spiro atoms. The molecule has 0 atom stereocenters. The van der Waals surface area contributed by atoms with Gasteiger partial charge in [-0.05, 0) is 34.4 Å². The molecule has 0 aromatic heterocycles. The van der Waals surface area contributed by atoms with Crippen molar-refractivity contribution in [2.75, 3.05) is 0 Å². The number of carbonyl (C=O) groups excluding carboxylic acids is 1. The molecule has 0 saturated heterocycles. The summed E-state index contributed by atoms with van der Waals surface area (Å²) in [6, 6.07) is 12.0. The third-order valence-corrected chi connectivity index (χ3v) is 3.80. The number of hydrogen-bond donors (Lipinski definition) is 0. The summed E-state index contributed by atoms with van der Waals surface area (Å²) in [6.45, 7) is 3.50. The third kappa shape index (κ3) is 1.52. The van der Waals surface area contributed by atoms with E-state index >= 15 is 0 Å². The molecular weight excluding hydrogens is 244 g/mol. The Morgan fingerprint density at radius 3 is 2.72 bits per heavy atom. The van der Waals surface area contributed by atoms with Gasteiger partial charge in [-0.25, -0.2) is 0 Å². The molecule has 0 fully saturated rings. The molecule has 2 aromatic rings. The molecule has 1 aliphatic carbocycles. The van der Waals surface area contributed by atoms with Crippen LogP contribution in [0.1, 0.15) is 21.5 Å². The lowest BCUT2D eigenvalue weighted by Crippen LogP contribution is -1.97. The molecule has 1 nitrogen and oxygen atoms in total. The summed E-state index contributed by atoms with van der Waals surface area (Å²) in [4.78, 5) is 11.7. The first-order valence-electron chi connectivity index (χ1n) is 5.79. The SMILES string of the molecule is C=CC(=O)c1ccc2c(c1Cl)Cc1ccccc1-2. The van der Waals surface area contributed by atoms with E-state index in [9.17, 15) is 4.79 Å². The first kappa shape index (κ1) is 11.2. The molecular formula is C16H11ClO. The average Bonchev–Trinajstić information content (AvgIpc) is 2.78. The molecule has 0 unspecified atom stereocenters. The van der Waals surface area contributed by atoms with Crippen molar-refractivity contribution in [3.05, 3.63) is 70.8 Å².